The van der Waals surface area contributed by atoms with Gasteiger partial charge < -0.3 is 9.73 Å². The van der Waals surface area contributed by atoms with E-state index in [1.165, 1.54) is 5.56 Å². The normalized spacial score (nSPS) is 10.3. The van der Waals surface area contributed by atoms with Crippen molar-refractivity contribution in [1.82, 2.24) is 15.2 Å². The first-order valence-electron chi connectivity index (χ1n) is 5.33. The van der Waals surface area contributed by atoms with E-state index < -0.39 is 0 Å². The highest BCUT2D eigenvalue weighted by atomic mass is 16.4. The molecule has 2 heterocycles. The largest absolute Gasteiger partial charge is 0.408 e. The Morgan fingerprint density at radius 3 is 3.00 bits per heavy atom. The minimum atomic E-state index is 0.487. The van der Waals surface area contributed by atoms with E-state index in [0.29, 0.717) is 11.9 Å². The molecule has 0 aliphatic heterocycles. The highest BCUT2D eigenvalue weighted by molar-refractivity contribution is 5.18. The van der Waals surface area contributed by atoms with Crippen LogP contribution < -0.4 is 5.32 Å². The quantitative estimate of drug-likeness (QED) is 0.827. The first-order chi connectivity index (χ1) is 7.88. The van der Waals surface area contributed by atoms with Gasteiger partial charge in [-0.05, 0) is 18.1 Å². The number of anilines is 1. The summed E-state index contributed by atoms with van der Waals surface area (Å²) in [6.07, 6.45) is 5.27. The zero-order chi connectivity index (χ0) is 11.2. The molecule has 2 aromatic heterocycles. The van der Waals surface area contributed by atoms with Gasteiger partial charge in [-0.15, -0.1) is 5.10 Å². The molecular formula is C11H14N4O. The smallest absolute Gasteiger partial charge is 0.315 e. The lowest BCUT2D eigenvalue weighted by molar-refractivity contribution is 0.511. The van der Waals surface area contributed by atoms with E-state index >= 15 is 0 Å². The lowest BCUT2D eigenvalue weighted by Crippen LogP contribution is -2.05. The van der Waals surface area contributed by atoms with E-state index in [9.17, 15) is 0 Å². The van der Waals surface area contributed by atoms with Gasteiger partial charge in [-0.25, -0.2) is 0 Å². The Balaban J connectivity index is 1.80. The summed E-state index contributed by atoms with van der Waals surface area (Å²) >= 11 is 0. The first kappa shape index (κ1) is 10.6. The summed E-state index contributed by atoms with van der Waals surface area (Å²) < 4.78 is 5.32. The van der Waals surface area contributed by atoms with Gasteiger partial charge >= 0.3 is 6.01 Å². The molecule has 16 heavy (non-hydrogen) atoms. The molecule has 0 aromatic carbocycles. The maximum absolute atomic E-state index is 5.32. The Kier molecular flexibility index (Phi) is 3.48. The number of aromatic nitrogens is 3. The van der Waals surface area contributed by atoms with Gasteiger partial charge in [0.25, 0.3) is 0 Å². The fraction of sp³-hybridized carbons (Fsp3) is 0.364. The Morgan fingerprint density at radius 1 is 1.38 bits per heavy atom. The zero-order valence-corrected chi connectivity index (χ0v) is 9.18. The molecule has 0 fully saturated rings. The Hall–Kier alpha value is -1.91. The third-order valence-corrected chi connectivity index (χ3v) is 2.18. The van der Waals surface area contributed by atoms with Gasteiger partial charge in [0.1, 0.15) is 0 Å². The number of nitrogens with one attached hydrogen (secondary N) is 1. The van der Waals surface area contributed by atoms with Gasteiger partial charge in [-0.2, -0.15) is 0 Å². The van der Waals surface area contributed by atoms with Crippen LogP contribution in [0.2, 0.25) is 0 Å². The molecule has 0 amide bonds. The predicted octanol–water partition coefficient (Wildman–Crippen LogP) is 1.68. The molecule has 84 valence electrons. The first-order valence-corrected chi connectivity index (χ1v) is 5.33. The molecule has 2 aromatic rings. The number of hydrogen-bond donors (Lipinski definition) is 1. The van der Waals surface area contributed by atoms with Crippen molar-refractivity contribution in [3.8, 4) is 0 Å². The average molecular weight is 218 g/mol. The fourth-order valence-electron chi connectivity index (χ4n) is 1.33. The Morgan fingerprint density at radius 2 is 2.31 bits per heavy atom. The number of aryl methyl sites for hydroxylation is 1. The molecule has 2 rings (SSSR count). The summed E-state index contributed by atoms with van der Waals surface area (Å²) in [4.78, 5) is 4.05. The van der Waals surface area contributed by atoms with Crippen LogP contribution in [0.25, 0.3) is 0 Å². The highest BCUT2D eigenvalue weighted by Gasteiger charge is 2.02. The minimum absolute atomic E-state index is 0.487. The summed E-state index contributed by atoms with van der Waals surface area (Å²) in [5.41, 5.74) is 1.19. The predicted molar refractivity (Wildman–Crippen MR) is 60.1 cm³/mol. The van der Waals surface area contributed by atoms with Crippen molar-refractivity contribution in [1.29, 1.82) is 0 Å². The van der Waals surface area contributed by atoms with Crippen LogP contribution in [0.3, 0.4) is 0 Å². The van der Waals surface area contributed by atoms with Crippen molar-refractivity contribution in [3.63, 3.8) is 0 Å². The van der Waals surface area contributed by atoms with E-state index in [-0.39, 0.29) is 0 Å². The monoisotopic (exact) mass is 218 g/mol. The van der Waals surface area contributed by atoms with Crippen molar-refractivity contribution in [2.24, 2.45) is 0 Å². The van der Waals surface area contributed by atoms with Crippen LogP contribution in [-0.2, 0) is 12.8 Å². The van der Waals surface area contributed by atoms with Gasteiger partial charge in [0, 0.05) is 25.4 Å². The lowest BCUT2D eigenvalue weighted by atomic mass is 10.2. The van der Waals surface area contributed by atoms with Crippen LogP contribution in [0.15, 0.2) is 28.9 Å². The van der Waals surface area contributed by atoms with Gasteiger partial charge in [-0.3, -0.25) is 4.98 Å². The molecule has 0 saturated carbocycles. The van der Waals surface area contributed by atoms with Crippen LogP contribution in [0.5, 0.6) is 0 Å². The van der Waals surface area contributed by atoms with E-state index in [4.69, 9.17) is 4.42 Å². The molecule has 0 aliphatic carbocycles. The molecule has 0 saturated heterocycles. The maximum atomic E-state index is 5.32. The third-order valence-electron chi connectivity index (χ3n) is 2.18. The molecular weight excluding hydrogens is 204 g/mol. The molecule has 1 N–H and O–H groups in total. The zero-order valence-electron chi connectivity index (χ0n) is 9.18. The van der Waals surface area contributed by atoms with Crippen molar-refractivity contribution in [3.05, 3.63) is 36.0 Å². The van der Waals surface area contributed by atoms with Crippen LogP contribution in [-0.4, -0.2) is 21.7 Å². The second-order valence-corrected chi connectivity index (χ2v) is 3.39. The number of hydrogen-bond acceptors (Lipinski definition) is 5. The molecule has 0 radical (unpaired) electrons. The highest BCUT2D eigenvalue weighted by Crippen LogP contribution is 2.05. The summed E-state index contributed by atoms with van der Waals surface area (Å²) in [5, 5.41) is 10.8. The van der Waals surface area contributed by atoms with Crippen LogP contribution >= 0.6 is 0 Å². The molecule has 5 heteroatoms. The van der Waals surface area contributed by atoms with Crippen molar-refractivity contribution >= 4 is 6.01 Å². The molecule has 0 aliphatic rings. The second-order valence-electron chi connectivity index (χ2n) is 3.39. The van der Waals surface area contributed by atoms with Crippen molar-refractivity contribution < 1.29 is 4.42 Å². The molecule has 0 bridgehead atoms. The second kappa shape index (κ2) is 5.25. The Bertz CT molecular complexity index is 427. The van der Waals surface area contributed by atoms with E-state index in [1.807, 2.05) is 25.3 Å². The van der Waals surface area contributed by atoms with Crippen molar-refractivity contribution in [2.45, 2.75) is 19.8 Å². The van der Waals surface area contributed by atoms with Gasteiger partial charge in [0.2, 0.25) is 5.89 Å². The summed E-state index contributed by atoms with van der Waals surface area (Å²) in [7, 11) is 0. The van der Waals surface area contributed by atoms with Crippen LogP contribution in [0.1, 0.15) is 18.4 Å². The van der Waals surface area contributed by atoms with Crippen LogP contribution in [0.4, 0.5) is 6.01 Å². The summed E-state index contributed by atoms with van der Waals surface area (Å²) in [6.45, 7) is 2.74. The topological polar surface area (TPSA) is 63.8 Å². The van der Waals surface area contributed by atoms with Gasteiger partial charge in [0.15, 0.2) is 0 Å². The van der Waals surface area contributed by atoms with E-state index in [0.717, 1.165) is 19.4 Å². The third kappa shape index (κ3) is 2.79. The fourth-order valence-corrected chi connectivity index (χ4v) is 1.33. The lowest BCUT2D eigenvalue weighted by Gasteiger charge is -2.00. The molecule has 0 unspecified atom stereocenters. The van der Waals surface area contributed by atoms with E-state index in [1.54, 1.807) is 6.20 Å². The number of nitrogens with zero attached hydrogens (tertiary/aromatic N) is 3. The summed E-state index contributed by atoms with van der Waals surface area (Å²) in [5.74, 6) is 0.656. The van der Waals surface area contributed by atoms with E-state index in [2.05, 4.69) is 20.5 Å². The molecule has 0 spiro atoms. The van der Waals surface area contributed by atoms with Gasteiger partial charge in [-0.1, -0.05) is 18.1 Å². The standard InChI is InChI=1S/C11H14N4O/c1-2-10-14-15-11(16-10)13-7-5-9-4-3-6-12-8-9/h3-4,6,8H,2,5,7H2,1H3,(H,13,15). The maximum Gasteiger partial charge on any atom is 0.315 e. The van der Waals surface area contributed by atoms with Gasteiger partial charge in [0.05, 0.1) is 0 Å². The van der Waals surface area contributed by atoms with Crippen molar-refractivity contribution in [2.75, 3.05) is 11.9 Å². The SMILES string of the molecule is CCc1nnc(NCCc2cccnc2)o1. The minimum Gasteiger partial charge on any atom is -0.408 e. The molecule has 5 nitrogen and oxygen atoms in total. The molecule has 0 atom stereocenters. The number of pyridine rings is 1. The summed E-state index contributed by atoms with van der Waals surface area (Å²) in [6, 6.07) is 4.46. The van der Waals surface area contributed by atoms with Crippen LogP contribution in [0, 0.1) is 0 Å². The number of rotatable bonds is 5. The average Bonchev–Trinajstić information content (AvgIpc) is 2.78. The Labute approximate surface area is 93.9 Å².